The van der Waals surface area contributed by atoms with Crippen LogP contribution < -0.4 is 20.7 Å². The number of hydrogen-bond donors (Lipinski definition) is 4. The van der Waals surface area contributed by atoms with Gasteiger partial charge < -0.3 is 25.8 Å². The van der Waals surface area contributed by atoms with E-state index >= 15 is 0 Å². The number of hydrogen-bond acceptors (Lipinski definition) is 5. The number of methoxy groups -OCH3 is 1. The van der Waals surface area contributed by atoms with Gasteiger partial charge in [-0.25, -0.2) is 0 Å². The first-order valence-electron chi connectivity index (χ1n) is 12.4. The van der Waals surface area contributed by atoms with Gasteiger partial charge in [-0.1, -0.05) is 54.6 Å². The molecule has 0 unspecified atom stereocenters. The van der Waals surface area contributed by atoms with Gasteiger partial charge in [0.25, 0.3) is 11.8 Å². The number of para-hydroxylation sites is 1. The zero-order valence-electron chi connectivity index (χ0n) is 21.4. The van der Waals surface area contributed by atoms with E-state index in [0.29, 0.717) is 23.5 Å². The maximum atomic E-state index is 13.4. The minimum Gasteiger partial charge on any atom is -0.508 e. The van der Waals surface area contributed by atoms with Crippen LogP contribution in [-0.4, -0.2) is 36.0 Å². The number of carbonyl (C=O) groups is 3. The molecule has 0 saturated heterocycles. The van der Waals surface area contributed by atoms with Gasteiger partial charge in [-0.05, 0) is 59.7 Å². The van der Waals surface area contributed by atoms with Crippen molar-refractivity contribution in [3.8, 4) is 11.5 Å². The molecule has 0 aliphatic rings. The van der Waals surface area contributed by atoms with Crippen molar-refractivity contribution in [2.24, 2.45) is 0 Å². The van der Waals surface area contributed by atoms with Gasteiger partial charge in [-0.3, -0.25) is 14.4 Å². The van der Waals surface area contributed by atoms with Gasteiger partial charge in [0.05, 0.1) is 18.4 Å². The van der Waals surface area contributed by atoms with E-state index in [1.54, 1.807) is 67.8 Å². The molecule has 0 radical (unpaired) electrons. The second-order valence-electron chi connectivity index (χ2n) is 8.83. The third-order valence-corrected chi connectivity index (χ3v) is 6.08. The molecule has 0 spiro atoms. The van der Waals surface area contributed by atoms with E-state index in [1.807, 2.05) is 30.3 Å². The highest BCUT2D eigenvalue weighted by Gasteiger charge is 2.23. The Kier molecular flexibility index (Phi) is 8.92. The maximum absolute atomic E-state index is 13.4. The van der Waals surface area contributed by atoms with Gasteiger partial charge in [0.2, 0.25) is 5.91 Å². The highest BCUT2D eigenvalue weighted by molar-refractivity contribution is 6.09. The SMILES string of the molecule is COc1ccc(C(=O)Nc2ccccc2C(=O)N[C@@H](Cc2ccc(O)cc2)C(=O)NCc2ccccc2)cc1. The molecule has 8 nitrogen and oxygen atoms in total. The van der Waals surface area contributed by atoms with Crippen LogP contribution in [0.1, 0.15) is 31.8 Å². The standard InChI is InChI=1S/C31H29N3O5/c1-39-25-17-13-23(14-18-25)29(36)33-27-10-6-5-9-26(27)30(37)34-28(19-21-11-15-24(35)16-12-21)31(38)32-20-22-7-3-2-4-8-22/h2-18,28,35H,19-20H2,1H3,(H,32,38)(H,33,36)(H,34,37)/t28-/m0/s1. The van der Waals surface area contributed by atoms with Gasteiger partial charge in [0.1, 0.15) is 17.5 Å². The lowest BCUT2D eigenvalue weighted by atomic mass is 10.0. The summed E-state index contributed by atoms with van der Waals surface area (Å²) in [5.74, 6) is -0.538. The normalized spacial score (nSPS) is 11.2. The first-order chi connectivity index (χ1) is 18.9. The lowest BCUT2D eigenvalue weighted by molar-refractivity contribution is -0.123. The number of benzene rings is 4. The van der Waals surface area contributed by atoms with Gasteiger partial charge in [-0.15, -0.1) is 0 Å². The van der Waals surface area contributed by atoms with Crippen LogP contribution in [0.2, 0.25) is 0 Å². The van der Waals surface area contributed by atoms with Crippen LogP contribution >= 0.6 is 0 Å². The van der Waals surface area contributed by atoms with Crippen LogP contribution in [0.4, 0.5) is 5.69 Å². The second-order valence-corrected chi connectivity index (χ2v) is 8.83. The minimum absolute atomic E-state index is 0.106. The molecule has 8 heteroatoms. The van der Waals surface area contributed by atoms with Crippen LogP contribution in [-0.2, 0) is 17.8 Å². The summed E-state index contributed by atoms with van der Waals surface area (Å²) < 4.78 is 5.14. The number of nitrogens with one attached hydrogen (secondary N) is 3. The molecule has 0 fully saturated rings. The monoisotopic (exact) mass is 523 g/mol. The first-order valence-corrected chi connectivity index (χ1v) is 12.4. The summed E-state index contributed by atoms with van der Waals surface area (Å²) in [6.07, 6.45) is 0.201. The average molecular weight is 524 g/mol. The van der Waals surface area contributed by atoms with Crippen molar-refractivity contribution >= 4 is 23.4 Å². The molecular weight excluding hydrogens is 494 g/mol. The first kappa shape index (κ1) is 26.9. The number of aromatic hydroxyl groups is 1. The smallest absolute Gasteiger partial charge is 0.255 e. The van der Waals surface area contributed by atoms with Gasteiger partial charge in [0.15, 0.2) is 0 Å². The quantitative estimate of drug-likeness (QED) is 0.247. The van der Waals surface area contributed by atoms with E-state index in [9.17, 15) is 19.5 Å². The van der Waals surface area contributed by atoms with Gasteiger partial charge >= 0.3 is 0 Å². The van der Waals surface area contributed by atoms with Crippen molar-refractivity contribution in [1.82, 2.24) is 10.6 Å². The number of rotatable bonds is 10. The molecule has 0 heterocycles. The molecule has 0 bridgehead atoms. The molecule has 0 aliphatic heterocycles. The average Bonchev–Trinajstić information content (AvgIpc) is 2.97. The number of anilines is 1. The highest BCUT2D eigenvalue weighted by atomic mass is 16.5. The Hall–Kier alpha value is -5.11. The molecule has 198 valence electrons. The molecule has 0 aliphatic carbocycles. The van der Waals surface area contributed by atoms with Crippen molar-refractivity contribution in [1.29, 1.82) is 0 Å². The van der Waals surface area contributed by atoms with E-state index in [1.165, 1.54) is 12.1 Å². The number of phenolic OH excluding ortho intramolecular Hbond substituents is 1. The van der Waals surface area contributed by atoms with Crippen molar-refractivity contribution in [3.63, 3.8) is 0 Å². The minimum atomic E-state index is -0.906. The largest absolute Gasteiger partial charge is 0.508 e. The van der Waals surface area contributed by atoms with Gasteiger partial charge in [-0.2, -0.15) is 0 Å². The molecule has 0 aromatic heterocycles. The fraction of sp³-hybridized carbons (Fsp3) is 0.129. The summed E-state index contributed by atoms with van der Waals surface area (Å²) in [5, 5.41) is 18.1. The number of ether oxygens (including phenoxy) is 1. The molecule has 1 atom stereocenters. The number of phenols is 1. The summed E-state index contributed by atoms with van der Waals surface area (Å²) in [4.78, 5) is 39.4. The molecular formula is C31H29N3O5. The molecule has 4 rings (SSSR count). The summed E-state index contributed by atoms with van der Waals surface area (Å²) >= 11 is 0. The van der Waals surface area contributed by atoms with Gasteiger partial charge in [0, 0.05) is 18.5 Å². The highest BCUT2D eigenvalue weighted by Crippen LogP contribution is 2.19. The lowest BCUT2D eigenvalue weighted by Gasteiger charge is -2.20. The fourth-order valence-electron chi connectivity index (χ4n) is 3.95. The Labute approximate surface area is 226 Å². The van der Waals surface area contributed by atoms with E-state index in [2.05, 4.69) is 16.0 Å². The summed E-state index contributed by atoms with van der Waals surface area (Å²) in [6.45, 7) is 0.302. The predicted molar refractivity (Wildman–Crippen MR) is 149 cm³/mol. The van der Waals surface area contributed by atoms with Crippen molar-refractivity contribution in [2.75, 3.05) is 12.4 Å². The summed E-state index contributed by atoms with van der Waals surface area (Å²) in [5.41, 5.74) is 2.60. The Morgan fingerprint density at radius 1 is 0.769 bits per heavy atom. The zero-order valence-corrected chi connectivity index (χ0v) is 21.4. The van der Waals surface area contributed by atoms with Crippen LogP contribution in [0.5, 0.6) is 11.5 Å². The molecule has 0 saturated carbocycles. The topological polar surface area (TPSA) is 117 Å². The Bertz CT molecular complexity index is 1420. The third kappa shape index (κ3) is 7.45. The number of carbonyl (C=O) groups excluding carboxylic acids is 3. The van der Waals surface area contributed by atoms with Crippen LogP contribution in [0.25, 0.3) is 0 Å². The van der Waals surface area contributed by atoms with E-state index < -0.39 is 11.9 Å². The van der Waals surface area contributed by atoms with Crippen LogP contribution in [0.3, 0.4) is 0 Å². The Balaban J connectivity index is 1.51. The lowest BCUT2D eigenvalue weighted by Crippen LogP contribution is -2.48. The summed E-state index contributed by atoms with van der Waals surface area (Å²) in [7, 11) is 1.54. The third-order valence-electron chi connectivity index (χ3n) is 6.08. The Morgan fingerprint density at radius 3 is 2.13 bits per heavy atom. The van der Waals surface area contributed by atoms with Crippen molar-refractivity contribution in [2.45, 2.75) is 19.0 Å². The molecule has 4 aromatic rings. The van der Waals surface area contributed by atoms with E-state index in [4.69, 9.17) is 4.74 Å². The fourth-order valence-corrected chi connectivity index (χ4v) is 3.95. The summed E-state index contributed by atoms with van der Waals surface area (Å²) in [6, 6.07) is 28.2. The van der Waals surface area contributed by atoms with E-state index in [-0.39, 0.29) is 29.5 Å². The predicted octanol–water partition coefficient (Wildman–Crippen LogP) is 4.31. The van der Waals surface area contributed by atoms with Crippen LogP contribution in [0, 0.1) is 0 Å². The molecule has 3 amide bonds. The molecule has 39 heavy (non-hydrogen) atoms. The van der Waals surface area contributed by atoms with Crippen molar-refractivity contribution < 1.29 is 24.2 Å². The zero-order chi connectivity index (χ0) is 27.6. The number of amides is 3. The van der Waals surface area contributed by atoms with Crippen molar-refractivity contribution in [3.05, 3.63) is 125 Å². The Morgan fingerprint density at radius 2 is 1.44 bits per heavy atom. The molecule has 4 N–H and O–H groups in total. The maximum Gasteiger partial charge on any atom is 0.255 e. The van der Waals surface area contributed by atoms with E-state index in [0.717, 1.165) is 11.1 Å². The van der Waals surface area contributed by atoms with Crippen LogP contribution in [0.15, 0.2) is 103 Å². The molecule has 4 aromatic carbocycles. The second kappa shape index (κ2) is 12.9.